The maximum absolute atomic E-state index is 9.91. The molecule has 0 saturated heterocycles. The quantitative estimate of drug-likeness (QED) is 0.800. The fraction of sp³-hybridized carbons (Fsp3) is 0.143. The van der Waals surface area contributed by atoms with Gasteiger partial charge in [-0.05, 0) is 35.0 Å². The number of ether oxygens (including phenoxy) is 1. The predicted octanol–water partition coefficient (Wildman–Crippen LogP) is 3.08. The van der Waals surface area contributed by atoms with Gasteiger partial charge in [0.2, 0.25) is 5.88 Å². The topological polar surface area (TPSA) is 59.7 Å². The average Bonchev–Trinajstić information content (AvgIpc) is 2.79. The van der Waals surface area contributed by atoms with Crippen LogP contribution in [0.25, 0.3) is 5.65 Å². The van der Waals surface area contributed by atoms with E-state index < -0.39 is 0 Å². The summed E-state index contributed by atoms with van der Waals surface area (Å²) in [6.07, 6.45) is 0. The van der Waals surface area contributed by atoms with Crippen molar-refractivity contribution in [2.45, 2.75) is 13.5 Å². The van der Waals surface area contributed by atoms with Crippen molar-refractivity contribution in [1.82, 2.24) is 14.6 Å². The number of nitrogens with zero attached hydrogens (tertiary/aromatic N) is 3. The third-order valence-corrected chi connectivity index (χ3v) is 3.45. The number of aromatic hydroxyl groups is 1. The Hall–Kier alpha value is -2.08. The Bertz CT molecular complexity index is 770. The molecule has 0 unspecified atom stereocenters. The molecule has 0 amide bonds. The molecule has 1 N–H and O–H groups in total. The number of hydrogen-bond donors (Lipinski definition) is 1. The summed E-state index contributed by atoms with van der Waals surface area (Å²) in [6, 6.07) is 10.9. The van der Waals surface area contributed by atoms with Crippen LogP contribution in [0.3, 0.4) is 0 Å². The Kier molecular flexibility index (Phi) is 3.31. The van der Waals surface area contributed by atoms with Gasteiger partial charge in [-0.15, -0.1) is 0 Å². The standard InChI is InChI=1S/C14H12BrN3O2/c1-9-6-13-16-10(7-14(19)18(13)17-9)8-20-12-5-3-2-4-11(12)15/h2-7,19H,8H2,1H3. The van der Waals surface area contributed by atoms with Crippen molar-refractivity contribution >= 4 is 21.6 Å². The highest BCUT2D eigenvalue weighted by atomic mass is 79.9. The molecule has 0 aliphatic heterocycles. The van der Waals surface area contributed by atoms with E-state index >= 15 is 0 Å². The van der Waals surface area contributed by atoms with Crippen LogP contribution in [-0.4, -0.2) is 19.7 Å². The Balaban J connectivity index is 1.86. The maximum atomic E-state index is 9.91. The monoisotopic (exact) mass is 333 g/mol. The third kappa shape index (κ3) is 2.46. The fourth-order valence-electron chi connectivity index (χ4n) is 1.91. The molecule has 3 rings (SSSR count). The minimum Gasteiger partial charge on any atom is -0.493 e. The molecule has 0 saturated carbocycles. The summed E-state index contributed by atoms with van der Waals surface area (Å²) in [4.78, 5) is 4.40. The summed E-state index contributed by atoms with van der Waals surface area (Å²) in [6.45, 7) is 2.13. The molecule has 3 aromatic rings. The van der Waals surface area contributed by atoms with E-state index in [1.807, 2.05) is 37.3 Å². The normalized spacial score (nSPS) is 10.9. The molecule has 0 radical (unpaired) electrons. The molecule has 102 valence electrons. The van der Waals surface area contributed by atoms with Gasteiger partial charge >= 0.3 is 0 Å². The summed E-state index contributed by atoms with van der Waals surface area (Å²) in [7, 11) is 0. The molecule has 20 heavy (non-hydrogen) atoms. The molecule has 5 nitrogen and oxygen atoms in total. The van der Waals surface area contributed by atoms with E-state index in [-0.39, 0.29) is 12.5 Å². The summed E-state index contributed by atoms with van der Waals surface area (Å²) >= 11 is 3.42. The molecular formula is C14H12BrN3O2. The largest absolute Gasteiger partial charge is 0.493 e. The highest BCUT2D eigenvalue weighted by Crippen LogP contribution is 2.25. The number of halogens is 1. The molecule has 0 aliphatic carbocycles. The lowest BCUT2D eigenvalue weighted by molar-refractivity contribution is 0.298. The SMILES string of the molecule is Cc1cc2nc(COc3ccccc3Br)cc(O)n2n1. The molecular weight excluding hydrogens is 322 g/mol. The van der Waals surface area contributed by atoms with Crippen molar-refractivity contribution in [3.63, 3.8) is 0 Å². The van der Waals surface area contributed by atoms with Crippen molar-refractivity contribution in [2.75, 3.05) is 0 Å². The van der Waals surface area contributed by atoms with Crippen molar-refractivity contribution in [3.8, 4) is 11.6 Å². The summed E-state index contributed by atoms with van der Waals surface area (Å²) in [5.74, 6) is 0.784. The zero-order chi connectivity index (χ0) is 14.1. The van der Waals surface area contributed by atoms with Gasteiger partial charge in [0.1, 0.15) is 12.4 Å². The number of fused-ring (bicyclic) bond motifs is 1. The zero-order valence-corrected chi connectivity index (χ0v) is 12.3. The summed E-state index contributed by atoms with van der Waals surface area (Å²) in [5.41, 5.74) is 2.05. The Morgan fingerprint density at radius 2 is 2.10 bits per heavy atom. The molecule has 0 fully saturated rings. The van der Waals surface area contributed by atoms with E-state index in [1.54, 1.807) is 6.07 Å². The van der Waals surface area contributed by atoms with Gasteiger partial charge in [0, 0.05) is 12.1 Å². The van der Waals surface area contributed by atoms with Gasteiger partial charge in [-0.1, -0.05) is 12.1 Å². The first kappa shape index (κ1) is 12.9. The Labute approximate surface area is 124 Å². The molecule has 2 heterocycles. The second-order valence-electron chi connectivity index (χ2n) is 4.38. The first-order valence-corrected chi connectivity index (χ1v) is 6.85. The van der Waals surface area contributed by atoms with Gasteiger partial charge in [0.15, 0.2) is 5.65 Å². The minimum atomic E-state index is 0.0498. The highest BCUT2D eigenvalue weighted by Gasteiger charge is 2.08. The fourth-order valence-corrected chi connectivity index (χ4v) is 2.31. The van der Waals surface area contributed by atoms with Crippen molar-refractivity contribution in [3.05, 3.63) is 52.3 Å². The molecule has 6 heteroatoms. The first-order chi connectivity index (χ1) is 9.63. The lowest BCUT2D eigenvalue weighted by atomic mass is 10.3. The van der Waals surface area contributed by atoms with Crippen LogP contribution in [0.1, 0.15) is 11.4 Å². The molecule has 0 bridgehead atoms. The lowest BCUT2D eigenvalue weighted by Crippen LogP contribution is -2.01. The average molecular weight is 334 g/mol. The number of rotatable bonds is 3. The smallest absolute Gasteiger partial charge is 0.215 e. The predicted molar refractivity (Wildman–Crippen MR) is 77.9 cm³/mol. The van der Waals surface area contributed by atoms with Gasteiger partial charge in [-0.25, -0.2) is 4.98 Å². The number of hydrogen-bond acceptors (Lipinski definition) is 4. The van der Waals surface area contributed by atoms with Crippen LogP contribution in [0.5, 0.6) is 11.6 Å². The number of benzene rings is 1. The van der Waals surface area contributed by atoms with E-state index in [0.29, 0.717) is 11.3 Å². The maximum Gasteiger partial charge on any atom is 0.215 e. The van der Waals surface area contributed by atoms with Crippen molar-refractivity contribution in [2.24, 2.45) is 0 Å². The molecule has 0 spiro atoms. The van der Waals surface area contributed by atoms with Gasteiger partial charge < -0.3 is 9.84 Å². The minimum absolute atomic E-state index is 0.0498. The van der Waals surface area contributed by atoms with Crippen LogP contribution in [-0.2, 0) is 6.61 Å². The van der Waals surface area contributed by atoms with E-state index in [2.05, 4.69) is 26.0 Å². The first-order valence-electron chi connectivity index (χ1n) is 6.06. The van der Waals surface area contributed by atoms with Crippen LogP contribution in [0.2, 0.25) is 0 Å². The second kappa shape index (κ2) is 5.13. The third-order valence-electron chi connectivity index (χ3n) is 2.80. The van der Waals surface area contributed by atoms with E-state index in [0.717, 1.165) is 15.9 Å². The van der Waals surface area contributed by atoms with Gasteiger partial charge in [0.25, 0.3) is 0 Å². The van der Waals surface area contributed by atoms with E-state index in [1.165, 1.54) is 4.52 Å². The molecule has 2 aromatic heterocycles. The van der Waals surface area contributed by atoms with Crippen LogP contribution in [0, 0.1) is 6.92 Å². The van der Waals surface area contributed by atoms with Gasteiger partial charge in [-0.2, -0.15) is 9.61 Å². The summed E-state index contributed by atoms with van der Waals surface area (Å²) in [5, 5.41) is 14.1. The molecule has 0 atom stereocenters. The van der Waals surface area contributed by atoms with Gasteiger partial charge in [-0.3, -0.25) is 0 Å². The molecule has 0 aliphatic rings. The number of para-hydroxylation sites is 1. The van der Waals surface area contributed by atoms with Crippen LogP contribution >= 0.6 is 15.9 Å². The van der Waals surface area contributed by atoms with Crippen LogP contribution in [0.4, 0.5) is 0 Å². The van der Waals surface area contributed by atoms with E-state index in [9.17, 15) is 5.11 Å². The Morgan fingerprint density at radius 1 is 1.30 bits per heavy atom. The van der Waals surface area contributed by atoms with Crippen molar-refractivity contribution < 1.29 is 9.84 Å². The second-order valence-corrected chi connectivity index (χ2v) is 5.23. The molecule has 1 aromatic carbocycles. The number of aromatic nitrogens is 3. The summed E-state index contributed by atoms with van der Waals surface area (Å²) < 4.78 is 7.96. The van der Waals surface area contributed by atoms with E-state index in [4.69, 9.17) is 4.74 Å². The zero-order valence-electron chi connectivity index (χ0n) is 10.7. The number of aryl methyl sites for hydroxylation is 1. The lowest BCUT2D eigenvalue weighted by Gasteiger charge is -2.08. The van der Waals surface area contributed by atoms with Crippen LogP contribution < -0.4 is 4.74 Å². The Morgan fingerprint density at radius 3 is 2.90 bits per heavy atom. The highest BCUT2D eigenvalue weighted by molar-refractivity contribution is 9.10. The van der Waals surface area contributed by atoms with Crippen molar-refractivity contribution in [1.29, 1.82) is 0 Å². The van der Waals surface area contributed by atoms with Gasteiger partial charge in [0.05, 0.1) is 15.9 Å². The van der Waals surface area contributed by atoms with Crippen LogP contribution in [0.15, 0.2) is 40.9 Å².